The van der Waals surface area contributed by atoms with Crippen LogP contribution >= 0.6 is 7.05 Å². The molecule has 0 unspecified atom stereocenters. The van der Waals surface area contributed by atoms with Gasteiger partial charge in [0.05, 0.1) is 0 Å². The Morgan fingerprint density at radius 3 is 1.68 bits per heavy atom. The van der Waals surface area contributed by atoms with Gasteiger partial charge in [-0.2, -0.15) is 0 Å². The fourth-order valence-corrected chi connectivity index (χ4v) is 7.13. The minimum absolute atomic E-state index is 0. The fraction of sp³-hybridized carbons (Fsp3) is 0.636. The molecule has 3 heteroatoms. The van der Waals surface area contributed by atoms with E-state index in [1.807, 2.05) is 0 Å². The molecule has 0 aliphatic heterocycles. The Hall–Kier alpha value is -0.0957. The van der Waals surface area contributed by atoms with Gasteiger partial charge in [-0.1, -0.05) is 75.5 Å². The molecule has 0 N–H and O–H groups in total. The fourth-order valence-electron chi connectivity index (χ4n) is 2.97. The Morgan fingerprint density at radius 2 is 1.40 bits per heavy atom. The predicted molar refractivity (Wildman–Crippen MR) is 116 cm³/mol. The largest absolute Gasteiger partial charge is 0.272 e. The zero-order valence-electron chi connectivity index (χ0n) is 17.7. The van der Waals surface area contributed by atoms with Crippen molar-refractivity contribution in [2.45, 2.75) is 74.1 Å². The van der Waals surface area contributed by atoms with Crippen molar-refractivity contribution in [2.24, 2.45) is 4.74 Å². The van der Waals surface area contributed by atoms with Gasteiger partial charge in [0.1, 0.15) is 0 Å². The average Bonchev–Trinajstić information content (AvgIpc) is 3.07. The van der Waals surface area contributed by atoms with Gasteiger partial charge in [-0.25, -0.2) is 0 Å². The van der Waals surface area contributed by atoms with Gasteiger partial charge in [0.25, 0.3) is 0 Å². The maximum atomic E-state index is 5.19. The summed E-state index contributed by atoms with van der Waals surface area (Å²) in [6.45, 7) is 15.3. The molecule has 0 saturated heterocycles. The van der Waals surface area contributed by atoms with Gasteiger partial charge in [0.2, 0.25) is 0 Å². The topological polar surface area (TPSA) is 12.4 Å². The van der Waals surface area contributed by atoms with Crippen LogP contribution in [0.2, 0.25) is 0 Å². The minimum Gasteiger partial charge on any atom is -0.272 e. The van der Waals surface area contributed by atoms with Crippen molar-refractivity contribution < 1.29 is 21.7 Å². The first-order chi connectivity index (χ1) is 11.5. The Kier molecular flexibility index (Phi) is 17.5. The molecule has 0 aromatic rings. The molecule has 0 saturated carbocycles. The average molecular weight is 397 g/mol. The molecule has 0 bridgehead atoms. The number of hydrogen-bond donors (Lipinski definition) is 0. The smallest absolute Gasteiger partial charge is 0.0425 e. The number of nitrogens with zero attached hydrogens (tertiary/aromatic N) is 1. The van der Waals surface area contributed by atoms with Crippen LogP contribution in [-0.2, 0) is 21.7 Å². The molecular formula is C22H40NPTi. The first-order valence-corrected chi connectivity index (χ1v) is 12.0. The summed E-state index contributed by atoms with van der Waals surface area (Å²) in [6.07, 6.45) is 19.8. The SMILES string of the molecule is CC=C(C)C(C)=CC.CCCP(CCC)(CCC)=NC1=CC=CC1.[Ti]. The Bertz CT molecular complexity index is 484. The molecule has 0 spiro atoms. The van der Waals surface area contributed by atoms with Crippen molar-refractivity contribution in [1.82, 2.24) is 0 Å². The van der Waals surface area contributed by atoms with Crippen molar-refractivity contribution >= 4 is 7.05 Å². The Morgan fingerprint density at radius 1 is 0.960 bits per heavy atom. The molecule has 0 heterocycles. The Labute approximate surface area is 173 Å². The summed E-state index contributed by atoms with van der Waals surface area (Å²) >= 11 is 0. The van der Waals surface area contributed by atoms with Crippen LogP contribution < -0.4 is 0 Å². The summed E-state index contributed by atoms with van der Waals surface area (Å²) in [6, 6.07) is 0. The normalized spacial score (nSPS) is 14.4. The van der Waals surface area contributed by atoms with Crippen molar-refractivity contribution in [2.75, 3.05) is 18.5 Å². The van der Waals surface area contributed by atoms with E-state index in [4.69, 9.17) is 4.74 Å². The molecule has 0 atom stereocenters. The molecule has 0 radical (unpaired) electrons. The van der Waals surface area contributed by atoms with Crippen LogP contribution in [0.3, 0.4) is 0 Å². The summed E-state index contributed by atoms with van der Waals surface area (Å²) < 4.78 is 5.19. The van der Waals surface area contributed by atoms with Crippen LogP contribution in [0.25, 0.3) is 0 Å². The van der Waals surface area contributed by atoms with Crippen molar-refractivity contribution in [3.05, 3.63) is 47.2 Å². The second-order valence-corrected chi connectivity index (χ2v) is 10.3. The maximum absolute atomic E-state index is 5.19. The molecule has 0 amide bonds. The molecule has 142 valence electrons. The quantitative estimate of drug-likeness (QED) is 0.222. The third-order valence-corrected chi connectivity index (χ3v) is 9.02. The molecular weight excluding hydrogens is 357 g/mol. The van der Waals surface area contributed by atoms with Crippen LogP contribution in [0, 0.1) is 0 Å². The molecule has 1 aliphatic rings. The predicted octanol–water partition coefficient (Wildman–Crippen LogP) is 8.18. The molecule has 0 fully saturated rings. The van der Waals surface area contributed by atoms with E-state index < -0.39 is 7.05 Å². The van der Waals surface area contributed by atoms with Gasteiger partial charge in [-0.3, -0.25) is 4.74 Å². The van der Waals surface area contributed by atoms with Crippen molar-refractivity contribution in [3.63, 3.8) is 0 Å². The molecule has 1 nitrogen and oxygen atoms in total. The van der Waals surface area contributed by atoms with Crippen LogP contribution in [0.4, 0.5) is 0 Å². The molecule has 0 aromatic heterocycles. The summed E-state index contributed by atoms with van der Waals surface area (Å²) in [5.74, 6) is 0. The van der Waals surface area contributed by atoms with E-state index in [2.05, 4.69) is 78.8 Å². The van der Waals surface area contributed by atoms with Gasteiger partial charge in [0.15, 0.2) is 0 Å². The zero-order chi connectivity index (χ0) is 18.4. The second kappa shape index (κ2) is 16.1. The third-order valence-electron chi connectivity index (χ3n) is 4.50. The van der Waals surface area contributed by atoms with Crippen LogP contribution in [0.5, 0.6) is 0 Å². The van der Waals surface area contributed by atoms with Crippen LogP contribution in [0.15, 0.2) is 52.0 Å². The van der Waals surface area contributed by atoms with E-state index in [1.165, 1.54) is 54.6 Å². The third kappa shape index (κ3) is 11.3. The summed E-state index contributed by atoms with van der Waals surface area (Å²) in [5, 5.41) is 0. The van der Waals surface area contributed by atoms with Gasteiger partial charge < -0.3 is 0 Å². The number of hydrogen-bond acceptors (Lipinski definition) is 1. The minimum atomic E-state index is -1.03. The van der Waals surface area contributed by atoms with E-state index in [9.17, 15) is 0 Å². The van der Waals surface area contributed by atoms with Gasteiger partial charge in [0, 0.05) is 33.8 Å². The standard InChI is InChI=1S/C14H26NP.C8H14.Ti/c1-4-11-16(12-5-2,13-6-3)15-14-9-7-8-10-14;1-5-7(3)8(4)6-2;/h7-9H,4-6,10-13H2,1-3H3;5-6H,1-4H3;. The molecule has 1 aliphatic carbocycles. The van der Waals surface area contributed by atoms with E-state index in [0.717, 1.165) is 6.42 Å². The monoisotopic (exact) mass is 397 g/mol. The van der Waals surface area contributed by atoms with Crippen LogP contribution in [0.1, 0.15) is 74.1 Å². The van der Waals surface area contributed by atoms with Crippen molar-refractivity contribution in [3.8, 4) is 0 Å². The second-order valence-electron chi connectivity index (χ2n) is 6.60. The summed E-state index contributed by atoms with van der Waals surface area (Å²) in [5.41, 5.74) is 4.07. The number of allylic oxidation sites excluding steroid dienone is 7. The van der Waals surface area contributed by atoms with Gasteiger partial charge in [-0.05, 0) is 59.3 Å². The van der Waals surface area contributed by atoms with E-state index in [1.54, 1.807) is 0 Å². The zero-order valence-corrected chi connectivity index (χ0v) is 20.2. The van der Waals surface area contributed by atoms with Crippen molar-refractivity contribution in [1.29, 1.82) is 0 Å². The first kappa shape index (κ1) is 27.1. The summed E-state index contributed by atoms with van der Waals surface area (Å²) in [7, 11) is -1.03. The van der Waals surface area contributed by atoms with E-state index >= 15 is 0 Å². The van der Waals surface area contributed by atoms with E-state index in [0.29, 0.717) is 0 Å². The first-order valence-electron chi connectivity index (χ1n) is 9.69. The van der Waals surface area contributed by atoms with E-state index in [-0.39, 0.29) is 21.7 Å². The van der Waals surface area contributed by atoms with Gasteiger partial charge >= 0.3 is 0 Å². The number of rotatable bonds is 8. The van der Waals surface area contributed by atoms with Crippen LogP contribution in [-0.4, -0.2) is 18.5 Å². The molecule has 1 rings (SSSR count). The van der Waals surface area contributed by atoms with Gasteiger partial charge in [-0.15, -0.1) is 0 Å². The molecule has 0 aromatic carbocycles. The Balaban J connectivity index is 0. The maximum Gasteiger partial charge on any atom is 0.0425 e. The summed E-state index contributed by atoms with van der Waals surface area (Å²) in [4.78, 5) is 0. The molecule has 25 heavy (non-hydrogen) atoms.